The molecule has 0 aliphatic rings. The van der Waals surface area contributed by atoms with Gasteiger partial charge in [0.2, 0.25) is 5.88 Å². The summed E-state index contributed by atoms with van der Waals surface area (Å²) in [4.78, 5) is 14.0. The van der Waals surface area contributed by atoms with Crippen LogP contribution in [0, 0.1) is 0 Å². The Labute approximate surface area is 88.2 Å². The standard InChI is InChI=1S/C8H8F3N3O2/c9-8(10,11)16-7-1-5(13)4(3-15)6(2-12)14-7/h1,3H,2,12H2,(H2,13,14). The van der Waals surface area contributed by atoms with Crippen molar-refractivity contribution >= 4 is 12.0 Å². The first-order chi connectivity index (χ1) is 7.37. The molecule has 4 N–H and O–H groups in total. The lowest BCUT2D eigenvalue weighted by atomic mass is 10.2. The molecule has 0 fully saturated rings. The van der Waals surface area contributed by atoms with Crippen LogP contribution in [0.1, 0.15) is 16.1 Å². The molecule has 0 amide bonds. The lowest BCUT2D eigenvalue weighted by Crippen LogP contribution is -2.19. The number of carbonyl (C=O) groups is 1. The molecule has 0 atom stereocenters. The van der Waals surface area contributed by atoms with Crippen LogP contribution < -0.4 is 16.2 Å². The second kappa shape index (κ2) is 4.35. The quantitative estimate of drug-likeness (QED) is 0.757. The van der Waals surface area contributed by atoms with Gasteiger partial charge in [0, 0.05) is 18.3 Å². The minimum absolute atomic E-state index is 0.0305. The van der Waals surface area contributed by atoms with Crippen molar-refractivity contribution in [3.05, 3.63) is 17.3 Å². The highest BCUT2D eigenvalue weighted by atomic mass is 19.4. The minimum Gasteiger partial charge on any atom is -0.398 e. The van der Waals surface area contributed by atoms with Crippen molar-refractivity contribution in [2.45, 2.75) is 12.9 Å². The molecule has 0 spiro atoms. The van der Waals surface area contributed by atoms with E-state index in [1.54, 1.807) is 0 Å². The summed E-state index contributed by atoms with van der Waals surface area (Å²) in [6.45, 7) is -0.215. The van der Waals surface area contributed by atoms with Crippen LogP contribution in [0.2, 0.25) is 0 Å². The van der Waals surface area contributed by atoms with Crippen molar-refractivity contribution in [2.24, 2.45) is 5.73 Å². The maximum absolute atomic E-state index is 11.9. The predicted octanol–water partition coefficient (Wildman–Crippen LogP) is 0.834. The predicted molar refractivity (Wildman–Crippen MR) is 48.6 cm³/mol. The Morgan fingerprint density at radius 1 is 1.50 bits per heavy atom. The lowest BCUT2D eigenvalue weighted by molar-refractivity contribution is -0.276. The molecule has 0 radical (unpaired) electrons. The van der Waals surface area contributed by atoms with Crippen molar-refractivity contribution in [1.82, 2.24) is 4.98 Å². The molecule has 0 saturated heterocycles. The third kappa shape index (κ3) is 2.83. The molecule has 1 aromatic heterocycles. The molecule has 1 aromatic rings. The molecular weight excluding hydrogens is 227 g/mol. The molecule has 0 saturated carbocycles. The summed E-state index contributed by atoms with van der Waals surface area (Å²) in [7, 11) is 0. The number of aromatic nitrogens is 1. The summed E-state index contributed by atoms with van der Waals surface area (Å²) in [6.07, 6.45) is -4.49. The number of nitrogen functional groups attached to an aromatic ring is 1. The number of hydrogen-bond acceptors (Lipinski definition) is 5. The molecule has 0 aliphatic heterocycles. The first-order valence-corrected chi connectivity index (χ1v) is 4.07. The van der Waals surface area contributed by atoms with Crippen LogP contribution in [0.25, 0.3) is 0 Å². The number of rotatable bonds is 3. The van der Waals surface area contributed by atoms with Gasteiger partial charge in [-0.15, -0.1) is 13.2 Å². The van der Waals surface area contributed by atoms with E-state index < -0.39 is 12.2 Å². The van der Waals surface area contributed by atoms with Crippen LogP contribution in [0.3, 0.4) is 0 Å². The van der Waals surface area contributed by atoms with E-state index in [-0.39, 0.29) is 23.5 Å². The van der Waals surface area contributed by atoms with Crippen LogP contribution in [0.4, 0.5) is 18.9 Å². The van der Waals surface area contributed by atoms with Crippen molar-refractivity contribution < 1.29 is 22.7 Å². The molecule has 1 rings (SSSR count). The minimum atomic E-state index is -4.87. The Morgan fingerprint density at radius 3 is 2.56 bits per heavy atom. The summed E-state index contributed by atoms with van der Waals surface area (Å²) in [5.41, 5.74) is 10.3. The summed E-state index contributed by atoms with van der Waals surface area (Å²) in [5, 5.41) is 0. The van der Waals surface area contributed by atoms with Crippen molar-refractivity contribution in [3.8, 4) is 5.88 Å². The van der Waals surface area contributed by atoms with Gasteiger partial charge in [-0.2, -0.15) is 0 Å². The Kier molecular flexibility index (Phi) is 3.33. The van der Waals surface area contributed by atoms with Gasteiger partial charge in [-0.25, -0.2) is 4.98 Å². The van der Waals surface area contributed by atoms with E-state index in [0.717, 1.165) is 6.07 Å². The Morgan fingerprint density at radius 2 is 2.12 bits per heavy atom. The van der Waals surface area contributed by atoms with Gasteiger partial charge in [0.15, 0.2) is 6.29 Å². The molecule has 0 aliphatic carbocycles. The highest BCUT2D eigenvalue weighted by molar-refractivity contribution is 5.85. The molecule has 8 heteroatoms. The van der Waals surface area contributed by atoms with Gasteiger partial charge in [-0.05, 0) is 0 Å². The first-order valence-electron chi connectivity index (χ1n) is 4.07. The van der Waals surface area contributed by atoms with Gasteiger partial charge in [-0.3, -0.25) is 4.79 Å². The number of anilines is 1. The summed E-state index contributed by atoms with van der Waals surface area (Å²) in [6, 6.07) is 0.816. The number of ether oxygens (including phenoxy) is 1. The van der Waals surface area contributed by atoms with Gasteiger partial charge in [0.05, 0.1) is 11.3 Å². The van der Waals surface area contributed by atoms with E-state index in [1.165, 1.54) is 0 Å². The summed E-state index contributed by atoms with van der Waals surface area (Å²) in [5.74, 6) is -0.740. The summed E-state index contributed by atoms with van der Waals surface area (Å²) >= 11 is 0. The average molecular weight is 235 g/mol. The van der Waals surface area contributed by atoms with Crippen LogP contribution in [0.15, 0.2) is 6.07 Å². The van der Waals surface area contributed by atoms with Crippen molar-refractivity contribution in [2.75, 3.05) is 5.73 Å². The highest BCUT2D eigenvalue weighted by Crippen LogP contribution is 2.25. The number of halogens is 3. The van der Waals surface area contributed by atoms with Crippen LogP contribution in [-0.4, -0.2) is 17.6 Å². The van der Waals surface area contributed by atoms with Gasteiger partial charge in [0.25, 0.3) is 0 Å². The molecule has 0 unspecified atom stereocenters. The normalized spacial score (nSPS) is 11.2. The maximum Gasteiger partial charge on any atom is 0.574 e. The third-order valence-corrected chi connectivity index (χ3v) is 1.68. The maximum atomic E-state index is 11.9. The zero-order valence-electron chi connectivity index (χ0n) is 7.91. The number of pyridine rings is 1. The Balaban J connectivity index is 3.15. The lowest BCUT2D eigenvalue weighted by Gasteiger charge is -2.11. The van der Waals surface area contributed by atoms with E-state index in [9.17, 15) is 18.0 Å². The van der Waals surface area contributed by atoms with Crippen LogP contribution in [-0.2, 0) is 6.54 Å². The van der Waals surface area contributed by atoms with Crippen molar-refractivity contribution in [3.63, 3.8) is 0 Å². The number of hydrogen-bond donors (Lipinski definition) is 2. The number of carbonyl (C=O) groups excluding carboxylic acids is 1. The van der Waals surface area contributed by atoms with E-state index in [1.807, 2.05) is 0 Å². The second-order valence-electron chi connectivity index (χ2n) is 2.78. The van der Waals surface area contributed by atoms with Gasteiger partial charge >= 0.3 is 6.36 Å². The fraction of sp³-hybridized carbons (Fsp3) is 0.250. The third-order valence-electron chi connectivity index (χ3n) is 1.68. The van der Waals surface area contributed by atoms with E-state index in [4.69, 9.17) is 11.5 Å². The number of aldehydes is 1. The molecular formula is C8H8F3N3O2. The zero-order valence-corrected chi connectivity index (χ0v) is 7.91. The Bertz CT molecular complexity index is 406. The fourth-order valence-electron chi connectivity index (χ4n) is 1.07. The van der Waals surface area contributed by atoms with Gasteiger partial charge < -0.3 is 16.2 Å². The van der Waals surface area contributed by atoms with Crippen LogP contribution in [0.5, 0.6) is 5.88 Å². The second-order valence-corrected chi connectivity index (χ2v) is 2.78. The molecule has 0 aromatic carbocycles. The summed E-state index contributed by atoms with van der Waals surface area (Å²) < 4.78 is 39.2. The number of nitrogens with two attached hydrogens (primary N) is 2. The molecule has 5 nitrogen and oxygen atoms in total. The zero-order chi connectivity index (χ0) is 12.3. The number of alkyl halides is 3. The van der Waals surface area contributed by atoms with Crippen LogP contribution >= 0.6 is 0 Å². The molecule has 0 bridgehead atoms. The highest BCUT2D eigenvalue weighted by Gasteiger charge is 2.32. The monoisotopic (exact) mass is 235 g/mol. The Hall–Kier alpha value is -1.83. The van der Waals surface area contributed by atoms with E-state index in [0.29, 0.717) is 6.29 Å². The van der Waals surface area contributed by atoms with E-state index >= 15 is 0 Å². The van der Waals surface area contributed by atoms with Gasteiger partial charge in [0.1, 0.15) is 0 Å². The fourth-order valence-corrected chi connectivity index (χ4v) is 1.07. The topological polar surface area (TPSA) is 91.2 Å². The molecule has 88 valence electrons. The molecule has 16 heavy (non-hydrogen) atoms. The van der Waals surface area contributed by atoms with E-state index in [2.05, 4.69) is 9.72 Å². The van der Waals surface area contributed by atoms with Gasteiger partial charge in [-0.1, -0.05) is 0 Å². The largest absolute Gasteiger partial charge is 0.574 e. The number of nitrogens with zero attached hydrogens (tertiary/aromatic N) is 1. The smallest absolute Gasteiger partial charge is 0.398 e. The average Bonchev–Trinajstić information content (AvgIpc) is 2.14. The first kappa shape index (κ1) is 12.2. The van der Waals surface area contributed by atoms with Crippen molar-refractivity contribution in [1.29, 1.82) is 0 Å². The SMILES string of the molecule is NCc1nc(OC(F)(F)F)cc(N)c1C=O. The molecule has 1 heterocycles.